The fourth-order valence-electron chi connectivity index (χ4n) is 3.55. The number of Topliss-reactive ketones (excluding diaryl/α,β-unsaturated/α-hetero) is 1. The first-order chi connectivity index (χ1) is 14.4. The summed E-state index contributed by atoms with van der Waals surface area (Å²) >= 11 is 6.25. The molecule has 1 amide bonds. The number of benzene rings is 2. The number of carbonyl (C=O) groups excluding carboxylic acids is 2. The zero-order chi connectivity index (χ0) is 21.4. The van der Waals surface area contributed by atoms with Crippen LogP contribution >= 0.6 is 11.6 Å². The van der Waals surface area contributed by atoms with Crippen LogP contribution in [0.3, 0.4) is 0 Å². The van der Waals surface area contributed by atoms with Crippen molar-refractivity contribution in [2.24, 2.45) is 0 Å². The number of pyridine rings is 1. The van der Waals surface area contributed by atoms with Crippen LogP contribution in [0.2, 0.25) is 5.02 Å². The Kier molecular flexibility index (Phi) is 5.10. The summed E-state index contributed by atoms with van der Waals surface area (Å²) in [6.45, 7) is 1.75. The van der Waals surface area contributed by atoms with E-state index >= 15 is 0 Å². The van der Waals surface area contributed by atoms with Crippen LogP contribution in [-0.4, -0.2) is 21.8 Å². The SMILES string of the molecule is Cc1c(Cl)cccc1N1C(=O)C(=O)/C(=C(/O)c2ccc(F)cc2)C1c1cccnc1. The van der Waals surface area contributed by atoms with E-state index in [2.05, 4.69) is 4.98 Å². The summed E-state index contributed by atoms with van der Waals surface area (Å²) in [5.74, 6) is -2.50. The maximum Gasteiger partial charge on any atom is 0.300 e. The second kappa shape index (κ2) is 7.72. The average molecular weight is 423 g/mol. The van der Waals surface area contributed by atoms with Crippen molar-refractivity contribution >= 4 is 34.7 Å². The lowest BCUT2D eigenvalue weighted by Crippen LogP contribution is -2.30. The van der Waals surface area contributed by atoms with Gasteiger partial charge in [0.05, 0.1) is 11.6 Å². The Morgan fingerprint density at radius 2 is 1.83 bits per heavy atom. The Balaban J connectivity index is 1.97. The molecule has 150 valence electrons. The average Bonchev–Trinajstić information content (AvgIpc) is 3.01. The molecule has 2 heterocycles. The van der Waals surface area contributed by atoms with Crippen molar-refractivity contribution in [3.63, 3.8) is 0 Å². The first-order valence-corrected chi connectivity index (χ1v) is 9.50. The van der Waals surface area contributed by atoms with Crippen molar-refractivity contribution in [1.29, 1.82) is 0 Å². The zero-order valence-electron chi connectivity index (χ0n) is 15.8. The van der Waals surface area contributed by atoms with E-state index in [1.165, 1.54) is 35.4 Å². The molecule has 1 fully saturated rings. The van der Waals surface area contributed by atoms with Gasteiger partial charge in [0.2, 0.25) is 0 Å². The molecule has 1 aromatic heterocycles. The number of anilines is 1. The monoisotopic (exact) mass is 422 g/mol. The van der Waals surface area contributed by atoms with Gasteiger partial charge in [0.15, 0.2) is 0 Å². The molecule has 0 saturated carbocycles. The van der Waals surface area contributed by atoms with Gasteiger partial charge in [0.1, 0.15) is 11.6 Å². The first kappa shape index (κ1) is 19.8. The number of carbonyl (C=O) groups is 2. The van der Waals surface area contributed by atoms with Gasteiger partial charge in [-0.25, -0.2) is 4.39 Å². The first-order valence-electron chi connectivity index (χ1n) is 9.12. The van der Waals surface area contributed by atoms with Gasteiger partial charge in [-0.05, 0) is 60.5 Å². The Labute approximate surface area is 177 Å². The molecular weight excluding hydrogens is 407 g/mol. The van der Waals surface area contributed by atoms with Gasteiger partial charge in [-0.2, -0.15) is 0 Å². The van der Waals surface area contributed by atoms with E-state index in [1.807, 2.05) is 0 Å². The number of hydrogen-bond acceptors (Lipinski definition) is 4. The van der Waals surface area contributed by atoms with Gasteiger partial charge in [-0.15, -0.1) is 0 Å². The summed E-state index contributed by atoms with van der Waals surface area (Å²) in [7, 11) is 0. The lowest BCUT2D eigenvalue weighted by molar-refractivity contribution is -0.132. The van der Waals surface area contributed by atoms with Crippen molar-refractivity contribution in [1.82, 2.24) is 4.98 Å². The van der Waals surface area contributed by atoms with E-state index in [9.17, 15) is 19.1 Å². The number of nitrogens with zero attached hydrogens (tertiary/aromatic N) is 2. The quantitative estimate of drug-likeness (QED) is 0.373. The fraction of sp³-hybridized carbons (Fsp3) is 0.0870. The molecule has 2 aromatic carbocycles. The van der Waals surface area contributed by atoms with Gasteiger partial charge >= 0.3 is 0 Å². The molecule has 1 unspecified atom stereocenters. The highest BCUT2D eigenvalue weighted by Gasteiger charge is 2.47. The topological polar surface area (TPSA) is 70.5 Å². The Morgan fingerprint density at radius 3 is 2.50 bits per heavy atom. The molecule has 4 rings (SSSR count). The Hall–Kier alpha value is -3.51. The van der Waals surface area contributed by atoms with E-state index in [0.29, 0.717) is 21.8 Å². The Morgan fingerprint density at radius 1 is 1.10 bits per heavy atom. The molecule has 0 aliphatic carbocycles. The standard InChI is InChI=1S/C23H16ClFN2O3/c1-13-17(24)5-2-6-18(13)27-20(15-4-3-11-26-12-15)19(22(29)23(27)30)21(28)14-7-9-16(25)10-8-14/h2-12,20,28H,1H3/b21-19+. The highest BCUT2D eigenvalue weighted by molar-refractivity contribution is 6.52. The van der Waals surface area contributed by atoms with Crippen LogP contribution in [0.15, 0.2) is 72.6 Å². The summed E-state index contributed by atoms with van der Waals surface area (Å²) < 4.78 is 13.3. The third kappa shape index (κ3) is 3.25. The molecule has 0 bridgehead atoms. The van der Waals surface area contributed by atoms with Crippen LogP contribution in [-0.2, 0) is 9.59 Å². The van der Waals surface area contributed by atoms with Gasteiger partial charge in [-0.3, -0.25) is 19.5 Å². The molecule has 1 N–H and O–H groups in total. The number of ketones is 1. The van der Waals surface area contributed by atoms with Crippen LogP contribution in [0.5, 0.6) is 0 Å². The smallest absolute Gasteiger partial charge is 0.300 e. The third-order valence-corrected chi connectivity index (χ3v) is 5.47. The van der Waals surface area contributed by atoms with Crippen LogP contribution in [0.25, 0.3) is 5.76 Å². The highest BCUT2D eigenvalue weighted by Crippen LogP contribution is 2.43. The summed E-state index contributed by atoms with van der Waals surface area (Å²) in [4.78, 5) is 31.5. The van der Waals surface area contributed by atoms with Crippen molar-refractivity contribution in [2.75, 3.05) is 4.90 Å². The van der Waals surface area contributed by atoms with Crippen LogP contribution < -0.4 is 4.90 Å². The van der Waals surface area contributed by atoms with Crippen LogP contribution in [0, 0.1) is 12.7 Å². The number of aliphatic hydroxyl groups is 1. The van der Waals surface area contributed by atoms with Crippen molar-refractivity contribution < 1.29 is 19.1 Å². The fourth-order valence-corrected chi connectivity index (χ4v) is 3.72. The number of halogens is 2. The minimum absolute atomic E-state index is 0.0982. The Bertz CT molecular complexity index is 1180. The molecule has 0 radical (unpaired) electrons. The van der Waals surface area contributed by atoms with Crippen molar-refractivity contribution in [3.05, 3.63) is 100 Å². The van der Waals surface area contributed by atoms with E-state index < -0.39 is 23.5 Å². The van der Waals surface area contributed by atoms with E-state index in [4.69, 9.17) is 11.6 Å². The molecule has 3 aromatic rings. The number of aromatic nitrogens is 1. The lowest BCUT2D eigenvalue weighted by atomic mass is 9.96. The number of rotatable bonds is 3. The molecule has 5 nitrogen and oxygen atoms in total. The second-order valence-corrected chi connectivity index (χ2v) is 7.25. The molecule has 1 atom stereocenters. The van der Waals surface area contributed by atoms with E-state index in [1.54, 1.807) is 43.5 Å². The highest BCUT2D eigenvalue weighted by atomic mass is 35.5. The van der Waals surface area contributed by atoms with Crippen molar-refractivity contribution in [2.45, 2.75) is 13.0 Å². The molecule has 1 aliphatic heterocycles. The molecule has 30 heavy (non-hydrogen) atoms. The summed E-state index contributed by atoms with van der Waals surface area (Å²) in [6.07, 6.45) is 3.10. The summed E-state index contributed by atoms with van der Waals surface area (Å²) in [6, 6.07) is 12.6. The second-order valence-electron chi connectivity index (χ2n) is 6.85. The predicted octanol–water partition coefficient (Wildman–Crippen LogP) is 4.81. The van der Waals surface area contributed by atoms with Crippen molar-refractivity contribution in [3.8, 4) is 0 Å². The zero-order valence-corrected chi connectivity index (χ0v) is 16.6. The molecule has 7 heteroatoms. The number of hydrogen-bond donors (Lipinski definition) is 1. The van der Waals surface area contributed by atoms with Gasteiger partial charge < -0.3 is 5.11 Å². The molecule has 0 spiro atoms. The third-order valence-electron chi connectivity index (χ3n) is 5.06. The van der Waals surface area contributed by atoms with Crippen LogP contribution in [0.1, 0.15) is 22.7 Å². The van der Waals surface area contributed by atoms with E-state index in [0.717, 1.165) is 0 Å². The summed E-state index contributed by atoms with van der Waals surface area (Å²) in [5.41, 5.74) is 1.75. The minimum Gasteiger partial charge on any atom is -0.507 e. The molecule has 1 aliphatic rings. The number of amides is 1. The minimum atomic E-state index is -0.916. The predicted molar refractivity (Wildman–Crippen MR) is 112 cm³/mol. The molecular formula is C23H16ClFN2O3. The van der Waals surface area contributed by atoms with Gasteiger partial charge in [-0.1, -0.05) is 23.7 Å². The van der Waals surface area contributed by atoms with Crippen LogP contribution in [0.4, 0.5) is 10.1 Å². The number of aliphatic hydroxyl groups excluding tert-OH is 1. The lowest BCUT2D eigenvalue weighted by Gasteiger charge is -2.26. The molecule has 1 saturated heterocycles. The maximum absolute atomic E-state index is 13.3. The normalized spacial score (nSPS) is 18.1. The van der Waals surface area contributed by atoms with Gasteiger partial charge in [0, 0.05) is 28.7 Å². The summed E-state index contributed by atoms with van der Waals surface area (Å²) in [5, 5.41) is 11.4. The van der Waals surface area contributed by atoms with Gasteiger partial charge in [0.25, 0.3) is 11.7 Å². The van der Waals surface area contributed by atoms with E-state index in [-0.39, 0.29) is 16.9 Å². The largest absolute Gasteiger partial charge is 0.507 e. The maximum atomic E-state index is 13.3.